The Bertz CT molecular complexity index is 366. The van der Waals surface area contributed by atoms with Crippen LogP contribution in [-0.4, -0.2) is 22.3 Å². The lowest BCUT2D eigenvalue weighted by atomic mass is 10.1. The van der Waals surface area contributed by atoms with Crippen LogP contribution in [0.15, 0.2) is 18.2 Å². The molecule has 0 saturated heterocycles. The average molecular weight is 268 g/mol. The van der Waals surface area contributed by atoms with Crippen molar-refractivity contribution in [2.24, 2.45) is 0 Å². The van der Waals surface area contributed by atoms with E-state index in [1.54, 1.807) is 12.1 Å². The largest absolute Gasteiger partial charge is 0.478 e. The van der Waals surface area contributed by atoms with Crippen LogP contribution in [0.3, 0.4) is 0 Å². The van der Waals surface area contributed by atoms with E-state index in [9.17, 15) is 4.79 Å². The molecule has 0 aliphatic carbocycles. The zero-order valence-corrected chi connectivity index (χ0v) is 9.98. The van der Waals surface area contributed by atoms with Crippen LogP contribution in [0.5, 0.6) is 0 Å². The third-order valence-corrected chi connectivity index (χ3v) is 3.05. The molecule has 0 bridgehead atoms. The summed E-state index contributed by atoms with van der Waals surface area (Å²) in [5.41, 5.74) is 0.907. The van der Waals surface area contributed by atoms with Crippen molar-refractivity contribution in [3.05, 3.63) is 34.3 Å². The van der Waals surface area contributed by atoms with Crippen molar-refractivity contribution in [3.63, 3.8) is 0 Å². The van der Waals surface area contributed by atoms with Gasteiger partial charge in [-0.25, -0.2) is 4.79 Å². The molecule has 0 aliphatic heterocycles. The van der Waals surface area contributed by atoms with Gasteiger partial charge < -0.3 is 5.11 Å². The Balaban J connectivity index is 2.92. The Kier molecular flexibility index (Phi) is 4.71. The Morgan fingerprint density at radius 1 is 1.47 bits per heavy atom. The summed E-state index contributed by atoms with van der Waals surface area (Å²) in [7, 11) is 0. The van der Waals surface area contributed by atoms with Crippen molar-refractivity contribution in [2.75, 3.05) is 5.88 Å². The molecule has 1 aromatic rings. The van der Waals surface area contributed by atoms with Gasteiger partial charge in [0.05, 0.1) is 16.0 Å². The molecular weight excluding hydrogens is 258 g/mol. The fraction of sp³-hybridized carbons (Fsp3) is 0.300. The van der Waals surface area contributed by atoms with E-state index in [1.165, 1.54) is 6.07 Å². The van der Waals surface area contributed by atoms with Crippen molar-refractivity contribution < 1.29 is 9.90 Å². The highest BCUT2D eigenvalue weighted by Gasteiger charge is 2.11. The highest BCUT2D eigenvalue weighted by atomic mass is 35.5. The molecule has 1 atom stereocenters. The molecule has 5 heteroatoms. The first-order valence-electron chi connectivity index (χ1n) is 4.26. The van der Waals surface area contributed by atoms with Crippen LogP contribution in [0.25, 0.3) is 0 Å². The normalized spacial score (nSPS) is 12.5. The molecule has 0 radical (unpaired) electrons. The number of halogens is 3. The molecule has 0 spiro atoms. The molecule has 15 heavy (non-hydrogen) atoms. The number of carboxylic acid groups (broad SMARTS) is 1. The lowest BCUT2D eigenvalue weighted by Gasteiger charge is -2.07. The lowest BCUT2D eigenvalue weighted by Crippen LogP contribution is -2.06. The average Bonchev–Trinajstić information content (AvgIpc) is 2.20. The Hall–Kier alpha value is -0.440. The van der Waals surface area contributed by atoms with Crippen LogP contribution in [0, 0.1) is 0 Å². The van der Waals surface area contributed by atoms with E-state index in [2.05, 4.69) is 0 Å². The second-order valence-electron chi connectivity index (χ2n) is 3.08. The highest BCUT2D eigenvalue weighted by molar-refractivity contribution is 6.33. The van der Waals surface area contributed by atoms with Gasteiger partial charge in [0.25, 0.3) is 0 Å². The predicted octanol–water partition coefficient (Wildman–Crippen LogP) is 3.43. The fourth-order valence-corrected chi connectivity index (χ4v) is 1.66. The van der Waals surface area contributed by atoms with Crippen LogP contribution in [-0.2, 0) is 6.42 Å². The first kappa shape index (κ1) is 12.6. The number of carboxylic acids is 1. The predicted molar refractivity (Wildman–Crippen MR) is 62.5 cm³/mol. The summed E-state index contributed by atoms with van der Waals surface area (Å²) in [4.78, 5) is 10.8. The summed E-state index contributed by atoms with van der Waals surface area (Å²) >= 11 is 17.1. The van der Waals surface area contributed by atoms with Gasteiger partial charge in [-0.1, -0.05) is 17.7 Å². The fourth-order valence-electron chi connectivity index (χ4n) is 1.17. The Morgan fingerprint density at radius 3 is 2.67 bits per heavy atom. The summed E-state index contributed by atoms with van der Waals surface area (Å²) < 4.78 is 0. The molecule has 0 saturated carbocycles. The van der Waals surface area contributed by atoms with E-state index in [4.69, 9.17) is 39.9 Å². The standard InChI is InChI=1S/C10H9Cl3O2/c11-5-7(12)3-6-1-2-9(13)8(4-6)10(14)15/h1-2,4,7H,3,5H2,(H,14,15). The maximum absolute atomic E-state index is 10.8. The number of hydrogen-bond donors (Lipinski definition) is 1. The smallest absolute Gasteiger partial charge is 0.337 e. The number of alkyl halides is 2. The molecule has 0 amide bonds. The number of carbonyl (C=O) groups is 1. The highest BCUT2D eigenvalue weighted by Crippen LogP contribution is 2.19. The molecule has 1 aromatic carbocycles. The monoisotopic (exact) mass is 266 g/mol. The van der Waals surface area contributed by atoms with Crippen LogP contribution in [0.1, 0.15) is 15.9 Å². The van der Waals surface area contributed by atoms with Crippen LogP contribution in [0.4, 0.5) is 0 Å². The van der Waals surface area contributed by atoms with E-state index < -0.39 is 5.97 Å². The van der Waals surface area contributed by atoms with Gasteiger partial charge in [0.2, 0.25) is 0 Å². The number of rotatable bonds is 4. The van der Waals surface area contributed by atoms with E-state index in [0.29, 0.717) is 12.3 Å². The maximum atomic E-state index is 10.8. The second-order valence-corrected chi connectivity index (χ2v) is 4.41. The first-order chi connectivity index (χ1) is 7.04. The topological polar surface area (TPSA) is 37.3 Å². The van der Waals surface area contributed by atoms with Crippen molar-refractivity contribution >= 4 is 40.8 Å². The minimum Gasteiger partial charge on any atom is -0.478 e. The lowest BCUT2D eigenvalue weighted by molar-refractivity contribution is 0.0697. The molecule has 0 heterocycles. The molecule has 0 aromatic heterocycles. The van der Waals surface area contributed by atoms with E-state index in [0.717, 1.165) is 5.56 Å². The molecule has 1 rings (SSSR count). The number of aromatic carboxylic acids is 1. The van der Waals surface area contributed by atoms with Gasteiger partial charge in [-0.05, 0) is 24.1 Å². The quantitative estimate of drug-likeness (QED) is 0.849. The summed E-state index contributed by atoms with van der Waals surface area (Å²) in [6.45, 7) is 0. The van der Waals surface area contributed by atoms with Gasteiger partial charge in [0.15, 0.2) is 0 Å². The van der Waals surface area contributed by atoms with Gasteiger partial charge >= 0.3 is 5.97 Å². The van der Waals surface area contributed by atoms with Gasteiger partial charge in [0.1, 0.15) is 0 Å². The third kappa shape index (κ3) is 3.56. The Morgan fingerprint density at radius 2 is 2.13 bits per heavy atom. The van der Waals surface area contributed by atoms with Crippen molar-refractivity contribution in [3.8, 4) is 0 Å². The zero-order chi connectivity index (χ0) is 11.4. The SMILES string of the molecule is O=C(O)c1cc(CC(Cl)CCl)ccc1Cl. The van der Waals surface area contributed by atoms with Crippen molar-refractivity contribution in [2.45, 2.75) is 11.8 Å². The number of hydrogen-bond acceptors (Lipinski definition) is 1. The minimum atomic E-state index is -1.04. The molecule has 82 valence electrons. The van der Waals surface area contributed by atoms with Gasteiger partial charge in [-0.15, -0.1) is 23.2 Å². The molecule has 0 fully saturated rings. The van der Waals surface area contributed by atoms with Gasteiger partial charge in [0, 0.05) is 5.88 Å². The zero-order valence-electron chi connectivity index (χ0n) is 7.71. The van der Waals surface area contributed by atoms with Crippen LogP contribution < -0.4 is 0 Å². The van der Waals surface area contributed by atoms with Crippen LogP contribution in [0.2, 0.25) is 5.02 Å². The Labute approximate surface area is 103 Å². The second kappa shape index (κ2) is 5.59. The summed E-state index contributed by atoms with van der Waals surface area (Å²) in [5, 5.41) is 8.86. The minimum absolute atomic E-state index is 0.0904. The van der Waals surface area contributed by atoms with Gasteiger partial charge in [-0.2, -0.15) is 0 Å². The maximum Gasteiger partial charge on any atom is 0.337 e. The van der Waals surface area contributed by atoms with E-state index in [1.807, 2.05) is 0 Å². The molecule has 1 unspecified atom stereocenters. The summed E-state index contributed by atoms with van der Waals surface area (Å²) in [6.07, 6.45) is 0.530. The molecule has 0 aliphatic rings. The van der Waals surface area contributed by atoms with Crippen molar-refractivity contribution in [1.82, 2.24) is 0 Å². The third-order valence-electron chi connectivity index (χ3n) is 1.89. The van der Waals surface area contributed by atoms with Gasteiger partial charge in [-0.3, -0.25) is 0 Å². The van der Waals surface area contributed by atoms with E-state index >= 15 is 0 Å². The van der Waals surface area contributed by atoms with E-state index in [-0.39, 0.29) is 16.0 Å². The first-order valence-corrected chi connectivity index (χ1v) is 5.61. The molecule has 1 N–H and O–H groups in total. The number of benzene rings is 1. The van der Waals surface area contributed by atoms with Crippen LogP contribution >= 0.6 is 34.8 Å². The molecule has 2 nitrogen and oxygen atoms in total. The summed E-state index contributed by atoms with van der Waals surface area (Å²) in [6, 6.07) is 4.82. The molecular formula is C10H9Cl3O2. The summed E-state index contributed by atoms with van der Waals surface area (Å²) in [5.74, 6) is -0.717. The van der Waals surface area contributed by atoms with Crippen molar-refractivity contribution in [1.29, 1.82) is 0 Å².